The van der Waals surface area contributed by atoms with E-state index in [0.29, 0.717) is 30.3 Å². The van der Waals surface area contributed by atoms with Gasteiger partial charge in [-0.05, 0) is 49.8 Å². The van der Waals surface area contributed by atoms with Crippen molar-refractivity contribution in [3.8, 4) is 0 Å². The van der Waals surface area contributed by atoms with E-state index in [9.17, 15) is 13.2 Å². The van der Waals surface area contributed by atoms with Crippen LogP contribution in [0, 0.1) is 0 Å². The van der Waals surface area contributed by atoms with E-state index < -0.39 is 10.0 Å². The molecule has 1 atom stereocenters. The summed E-state index contributed by atoms with van der Waals surface area (Å²) < 4.78 is 26.4. The van der Waals surface area contributed by atoms with E-state index in [1.807, 2.05) is 11.0 Å². The zero-order valence-electron chi connectivity index (χ0n) is 15.6. The van der Waals surface area contributed by atoms with Crippen molar-refractivity contribution in [3.05, 3.63) is 65.7 Å². The molecule has 3 rings (SSSR count). The van der Waals surface area contributed by atoms with Crippen molar-refractivity contribution in [1.82, 2.24) is 4.90 Å². The lowest BCUT2D eigenvalue weighted by atomic mass is 9.92. The summed E-state index contributed by atoms with van der Waals surface area (Å²) in [5, 5.41) is 0. The summed E-state index contributed by atoms with van der Waals surface area (Å²) in [6, 6.07) is 17.3. The van der Waals surface area contributed by atoms with Crippen LogP contribution >= 0.6 is 0 Å². The molecule has 1 aliphatic heterocycles. The van der Waals surface area contributed by atoms with Crippen molar-refractivity contribution >= 4 is 21.6 Å². The first-order valence-electron chi connectivity index (χ1n) is 9.44. The minimum Gasteiger partial charge on any atom is -0.339 e. The number of benzene rings is 2. The third-order valence-corrected chi connectivity index (χ3v) is 6.38. The molecule has 0 aromatic heterocycles. The molecule has 1 heterocycles. The van der Waals surface area contributed by atoms with Gasteiger partial charge in [0.25, 0.3) is 5.91 Å². The van der Waals surface area contributed by atoms with E-state index >= 15 is 0 Å². The van der Waals surface area contributed by atoms with Crippen LogP contribution in [0.15, 0.2) is 54.6 Å². The molecule has 1 N–H and O–H groups in total. The van der Waals surface area contributed by atoms with Gasteiger partial charge in [-0.15, -0.1) is 0 Å². The minimum absolute atomic E-state index is 0.0298. The van der Waals surface area contributed by atoms with E-state index in [-0.39, 0.29) is 11.7 Å². The highest BCUT2D eigenvalue weighted by molar-refractivity contribution is 7.92. The van der Waals surface area contributed by atoms with Crippen LogP contribution in [-0.4, -0.2) is 38.1 Å². The molecule has 1 amide bonds. The Morgan fingerprint density at radius 3 is 2.48 bits per heavy atom. The Hall–Kier alpha value is -2.34. The first kappa shape index (κ1) is 19.4. The van der Waals surface area contributed by atoms with Gasteiger partial charge >= 0.3 is 0 Å². The lowest BCUT2D eigenvalue weighted by Gasteiger charge is -2.22. The van der Waals surface area contributed by atoms with Crippen LogP contribution in [0.2, 0.25) is 0 Å². The van der Waals surface area contributed by atoms with Gasteiger partial charge in [0, 0.05) is 13.1 Å². The number of likely N-dealkylation sites (tertiary alicyclic amines) is 1. The molecule has 2 aromatic rings. The molecule has 1 unspecified atom stereocenters. The zero-order valence-corrected chi connectivity index (χ0v) is 16.4. The Morgan fingerprint density at radius 2 is 1.74 bits per heavy atom. The van der Waals surface area contributed by atoms with Crippen LogP contribution in [0.5, 0.6) is 0 Å². The molecule has 0 bridgehead atoms. The SMILES string of the molecule is CCS(=O)(=O)Nc1ccccc1C(=O)N1CCCC(c2ccccc2)CC1. The fourth-order valence-electron chi connectivity index (χ4n) is 3.53. The number of nitrogens with one attached hydrogen (secondary N) is 1. The molecule has 0 spiro atoms. The number of para-hydroxylation sites is 1. The second-order valence-corrected chi connectivity index (χ2v) is 8.89. The Bertz CT molecular complexity index is 881. The molecule has 2 aromatic carbocycles. The van der Waals surface area contributed by atoms with Gasteiger partial charge < -0.3 is 4.90 Å². The summed E-state index contributed by atoms with van der Waals surface area (Å²) in [6.45, 7) is 2.94. The quantitative estimate of drug-likeness (QED) is 0.849. The number of anilines is 1. The summed E-state index contributed by atoms with van der Waals surface area (Å²) >= 11 is 0. The van der Waals surface area contributed by atoms with Crippen LogP contribution in [0.4, 0.5) is 5.69 Å². The summed E-state index contributed by atoms with van der Waals surface area (Å²) in [4.78, 5) is 14.9. The first-order valence-corrected chi connectivity index (χ1v) is 11.1. The Balaban J connectivity index is 1.75. The van der Waals surface area contributed by atoms with Crippen LogP contribution in [-0.2, 0) is 10.0 Å². The van der Waals surface area contributed by atoms with E-state index in [1.165, 1.54) is 5.56 Å². The molecular weight excluding hydrogens is 360 g/mol. The second kappa shape index (κ2) is 8.57. The van der Waals surface area contributed by atoms with E-state index in [1.54, 1.807) is 31.2 Å². The van der Waals surface area contributed by atoms with Crippen LogP contribution in [0.1, 0.15) is 48.0 Å². The third kappa shape index (κ3) is 4.89. The molecule has 144 valence electrons. The number of nitrogens with zero attached hydrogens (tertiary/aromatic N) is 1. The van der Waals surface area contributed by atoms with Crippen LogP contribution < -0.4 is 4.72 Å². The number of hydrogen-bond donors (Lipinski definition) is 1. The molecule has 0 radical (unpaired) electrons. The fourth-order valence-corrected chi connectivity index (χ4v) is 4.18. The highest BCUT2D eigenvalue weighted by Crippen LogP contribution is 2.29. The standard InChI is InChI=1S/C21H26N2O3S/c1-2-27(25,26)22-20-13-7-6-12-19(20)21(24)23-15-8-11-18(14-16-23)17-9-4-3-5-10-17/h3-7,9-10,12-13,18,22H,2,8,11,14-16H2,1H3. The van der Waals surface area contributed by atoms with Crippen molar-refractivity contribution in [2.75, 3.05) is 23.6 Å². The molecule has 5 nitrogen and oxygen atoms in total. The average molecular weight is 387 g/mol. The van der Waals surface area contributed by atoms with Gasteiger partial charge in [-0.25, -0.2) is 8.42 Å². The van der Waals surface area contributed by atoms with E-state index in [0.717, 1.165) is 19.3 Å². The summed E-state index contributed by atoms with van der Waals surface area (Å²) in [5.74, 6) is 0.314. The third-order valence-electron chi connectivity index (χ3n) is 5.09. The van der Waals surface area contributed by atoms with Gasteiger partial charge in [-0.1, -0.05) is 42.5 Å². The maximum Gasteiger partial charge on any atom is 0.255 e. The molecule has 1 saturated heterocycles. The highest BCUT2D eigenvalue weighted by atomic mass is 32.2. The Kier molecular flexibility index (Phi) is 6.16. The molecular formula is C21H26N2O3S. The van der Waals surface area contributed by atoms with Gasteiger partial charge in [0.05, 0.1) is 17.0 Å². The number of rotatable bonds is 5. The van der Waals surface area contributed by atoms with Crippen molar-refractivity contribution in [1.29, 1.82) is 0 Å². The number of amides is 1. The smallest absolute Gasteiger partial charge is 0.255 e. The van der Waals surface area contributed by atoms with Crippen molar-refractivity contribution in [2.24, 2.45) is 0 Å². The van der Waals surface area contributed by atoms with Crippen molar-refractivity contribution < 1.29 is 13.2 Å². The average Bonchev–Trinajstić information content (AvgIpc) is 2.94. The van der Waals surface area contributed by atoms with Gasteiger partial charge in [0.15, 0.2) is 0 Å². The normalized spacial score (nSPS) is 18.0. The lowest BCUT2D eigenvalue weighted by molar-refractivity contribution is 0.0762. The predicted octanol–water partition coefficient (Wildman–Crippen LogP) is 3.86. The lowest BCUT2D eigenvalue weighted by Crippen LogP contribution is -2.32. The highest BCUT2D eigenvalue weighted by Gasteiger charge is 2.24. The zero-order chi connectivity index (χ0) is 19.3. The molecule has 6 heteroatoms. The molecule has 0 aliphatic carbocycles. The van der Waals surface area contributed by atoms with Gasteiger partial charge in [-0.2, -0.15) is 0 Å². The van der Waals surface area contributed by atoms with E-state index in [2.05, 4.69) is 29.0 Å². The largest absolute Gasteiger partial charge is 0.339 e. The number of carbonyl (C=O) groups is 1. The minimum atomic E-state index is -3.43. The number of hydrogen-bond acceptors (Lipinski definition) is 3. The predicted molar refractivity (Wildman–Crippen MR) is 108 cm³/mol. The molecule has 0 saturated carbocycles. The maximum absolute atomic E-state index is 13.1. The summed E-state index contributed by atoms with van der Waals surface area (Å²) in [7, 11) is -3.43. The summed E-state index contributed by atoms with van der Waals surface area (Å²) in [5.41, 5.74) is 2.09. The van der Waals surface area contributed by atoms with Gasteiger partial charge in [-0.3, -0.25) is 9.52 Å². The maximum atomic E-state index is 13.1. The molecule has 27 heavy (non-hydrogen) atoms. The topological polar surface area (TPSA) is 66.5 Å². The monoisotopic (exact) mass is 386 g/mol. The first-order chi connectivity index (χ1) is 13.0. The Labute approximate surface area is 161 Å². The van der Waals surface area contributed by atoms with Gasteiger partial charge in [0.1, 0.15) is 0 Å². The molecule has 1 aliphatic rings. The van der Waals surface area contributed by atoms with Crippen LogP contribution in [0.3, 0.4) is 0 Å². The number of carbonyl (C=O) groups excluding carboxylic acids is 1. The second-order valence-electron chi connectivity index (χ2n) is 6.88. The van der Waals surface area contributed by atoms with E-state index in [4.69, 9.17) is 0 Å². The van der Waals surface area contributed by atoms with Gasteiger partial charge in [0.2, 0.25) is 10.0 Å². The van der Waals surface area contributed by atoms with Crippen molar-refractivity contribution in [3.63, 3.8) is 0 Å². The van der Waals surface area contributed by atoms with Crippen LogP contribution in [0.25, 0.3) is 0 Å². The fraction of sp³-hybridized carbons (Fsp3) is 0.381. The van der Waals surface area contributed by atoms with Crippen molar-refractivity contribution in [2.45, 2.75) is 32.1 Å². The Morgan fingerprint density at radius 1 is 1.04 bits per heavy atom. The summed E-state index contributed by atoms with van der Waals surface area (Å²) in [6.07, 6.45) is 2.91. The molecule has 1 fully saturated rings. The number of sulfonamides is 1.